The number of fused-ring (bicyclic) bond motifs is 3. The summed E-state index contributed by atoms with van der Waals surface area (Å²) in [6.45, 7) is 5.42. The van der Waals surface area contributed by atoms with Crippen molar-refractivity contribution < 1.29 is 4.79 Å². The molecule has 0 radical (unpaired) electrons. The number of nitrogens with zero attached hydrogens (tertiary/aromatic N) is 6. The fraction of sp³-hybridized carbons (Fsp3) is 0.250. The Morgan fingerprint density at radius 2 is 2.03 bits per heavy atom. The molecule has 1 aromatic carbocycles. The van der Waals surface area contributed by atoms with Gasteiger partial charge in [0.15, 0.2) is 5.65 Å². The van der Waals surface area contributed by atoms with Gasteiger partial charge in [-0.05, 0) is 48.9 Å². The van der Waals surface area contributed by atoms with Crippen molar-refractivity contribution in [3.63, 3.8) is 0 Å². The van der Waals surface area contributed by atoms with Crippen molar-refractivity contribution in [2.24, 2.45) is 10.7 Å². The number of aliphatic imine (C=N–C) groups is 1. The van der Waals surface area contributed by atoms with E-state index in [2.05, 4.69) is 25.8 Å². The minimum atomic E-state index is 0.0811. The Bertz CT molecular complexity index is 1430. The highest BCUT2D eigenvalue weighted by Crippen LogP contribution is 2.27. The first-order chi connectivity index (χ1) is 15.9. The van der Waals surface area contributed by atoms with E-state index in [1.54, 1.807) is 18.0 Å². The number of likely N-dealkylation sites (tertiary alicyclic amines) is 1. The van der Waals surface area contributed by atoms with E-state index in [1.165, 1.54) is 0 Å². The molecule has 168 valence electrons. The third-order valence-corrected chi connectivity index (χ3v) is 6.22. The van der Waals surface area contributed by atoms with Crippen molar-refractivity contribution in [3.05, 3.63) is 70.6 Å². The fourth-order valence-electron chi connectivity index (χ4n) is 4.21. The number of halogens is 1. The van der Waals surface area contributed by atoms with Crippen LogP contribution in [0.4, 0.5) is 0 Å². The number of rotatable bonds is 5. The lowest BCUT2D eigenvalue weighted by molar-refractivity contribution is -0.132. The van der Waals surface area contributed by atoms with Gasteiger partial charge in [-0.2, -0.15) is 0 Å². The quantitative estimate of drug-likeness (QED) is 0.461. The Balaban J connectivity index is 1.54. The molecule has 0 saturated carbocycles. The third kappa shape index (κ3) is 3.98. The maximum absolute atomic E-state index is 11.4. The molecule has 33 heavy (non-hydrogen) atoms. The third-order valence-electron chi connectivity index (χ3n) is 5.98. The predicted molar refractivity (Wildman–Crippen MR) is 130 cm³/mol. The summed E-state index contributed by atoms with van der Waals surface area (Å²) >= 11 is 6.23. The summed E-state index contributed by atoms with van der Waals surface area (Å²) < 4.78 is 4.19. The molecule has 9 heteroatoms. The largest absolute Gasteiger partial charge is 0.397 e. The number of carbonyl (C=O) groups is 1. The number of allylic oxidation sites excluding steroid dienone is 1. The van der Waals surface area contributed by atoms with Gasteiger partial charge in [0, 0.05) is 37.8 Å². The van der Waals surface area contributed by atoms with Gasteiger partial charge in [0.2, 0.25) is 5.91 Å². The van der Waals surface area contributed by atoms with Crippen molar-refractivity contribution in [2.45, 2.75) is 26.4 Å². The van der Waals surface area contributed by atoms with E-state index in [1.807, 2.05) is 53.8 Å². The summed E-state index contributed by atoms with van der Waals surface area (Å²) in [6.07, 6.45) is 3.55. The van der Waals surface area contributed by atoms with Gasteiger partial charge in [-0.25, -0.2) is 0 Å². The molecule has 2 N–H and O–H groups in total. The molecule has 1 fully saturated rings. The van der Waals surface area contributed by atoms with Crippen LogP contribution in [0.3, 0.4) is 0 Å². The van der Waals surface area contributed by atoms with Gasteiger partial charge < -0.3 is 15.2 Å². The van der Waals surface area contributed by atoms with Crippen molar-refractivity contribution in [1.29, 1.82) is 0 Å². The van der Waals surface area contributed by atoms with Crippen molar-refractivity contribution in [2.75, 3.05) is 13.1 Å². The summed E-state index contributed by atoms with van der Waals surface area (Å²) in [5.41, 5.74) is 11.9. The second-order valence-corrected chi connectivity index (χ2v) is 8.72. The molecule has 0 aliphatic carbocycles. The smallest absolute Gasteiger partial charge is 0.219 e. The number of nitrogens with two attached hydrogens (primary N) is 1. The molecule has 4 aromatic rings. The number of benzene rings is 1. The van der Waals surface area contributed by atoms with Crippen LogP contribution in [-0.4, -0.2) is 55.3 Å². The van der Waals surface area contributed by atoms with Crippen LogP contribution >= 0.6 is 11.6 Å². The van der Waals surface area contributed by atoms with Gasteiger partial charge in [-0.1, -0.05) is 23.7 Å². The molecule has 5 rings (SSSR count). The first kappa shape index (κ1) is 21.2. The molecule has 3 aromatic heterocycles. The lowest BCUT2D eigenvalue weighted by Gasteiger charge is -2.35. The van der Waals surface area contributed by atoms with Crippen LogP contribution in [0.1, 0.15) is 24.0 Å². The van der Waals surface area contributed by atoms with E-state index in [4.69, 9.17) is 17.3 Å². The van der Waals surface area contributed by atoms with Crippen LogP contribution in [0.25, 0.3) is 22.4 Å². The minimum Gasteiger partial charge on any atom is -0.397 e. The van der Waals surface area contributed by atoms with E-state index >= 15 is 0 Å². The van der Waals surface area contributed by atoms with Crippen molar-refractivity contribution in [1.82, 2.24) is 24.1 Å². The average Bonchev–Trinajstić information content (AvgIpc) is 3.30. The van der Waals surface area contributed by atoms with Gasteiger partial charge in [0.1, 0.15) is 5.82 Å². The van der Waals surface area contributed by atoms with Crippen molar-refractivity contribution in [3.8, 4) is 0 Å². The molecule has 8 nitrogen and oxygen atoms in total. The maximum atomic E-state index is 11.4. The molecule has 1 aliphatic heterocycles. The van der Waals surface area contributed by atoms with Crippen LogP contribution in [0.5, 0.6) is 0 Å². The fourth-order valence-corrected chi connectivity index (χ4v) is 4.42. The number of carbonyl (C=O) groups excluding carboxylic acids is 1. The van der Waals surface area contributed by atoms with Crippen LogP contribution in [0.15, 0.2) is 53.5 Å². The summed E-state index contributed by atoms with van der Waals surface area (Å²) in [7, 11) is 0. The van der Waals surface area contributed by atoms with Gasteiger partial charge in [-0.15, -0.1) is 10.2 Å². The van der Waals surface area contributed by atoms with E-state index < -0.39 is 0 Å². The highest BCUT2D eigenvalue weighted by Gasteiger charge is 2.27. The van der Waals surface area contributed by atoms with Gasteiger partial charge >= 0.3 is 0 Å². The van der Waals surface area contributed by atoms with Gasteiger partial charge in [-0.3, -0.25) is 14.2 Å². The molecule has 0 spiro atoms. The second-order valence-electron chi connectivity index (χ2n) is 8.29. The Morgan fingerprint density at radius 1 is 1.21 bits per heavy atom. The molecule has 1 saturated heterocycles. The second kappa shape index (κ2) is 8.37. The predicted octanol–water partition coefficient (Wildman–Crippen LogP) is 3.30. The summed E-state index contributed by atoms with van der Waals surface area (Å²) in [5.74, 6) is 0.892. The number of aryl methyl sites for hydroxylation is 1. The molecular formula is C24H24ClN7O. The van der Waals surface area contributed by atoms with Gasteiger partial charge in [0.05, 0.1) is 28.5 Å². The van der Waals surface area contributed by atoms with E-state index in [0.717, 1.165) is 33.8 Å². The first-order valence-corrected chi connectivity index (χ1v) is 11.1. The average molecular weight is 462 g/mol. The van der Waals surface area contributed by atoms with Crippen LogP contribution < -0.4 is 5.73 Å². The highest BCUT2D eigenvalue weighted by molar-refractivity contribution is 6.30. The first-order valence-electron chi connectivity index (χ1n) is 10.7. The Morgan fingerprint density at radius 3 is 2.79 bits per heavy atom. The van der Waals surface area contributed by atoms with Crippen molar-refractivity contribution >= 4 is 46.1 Å². The van der Waals surface area contributed by atoms with E-state index in [-0.39, 0.29) is 11.9 Å². The van der Waals surface area contributed by atoms with E-state index in [9.17, 15) is 4.79 Å². The molecular weight excluding hydrogens is 438 g/mol. The van der Waals surface area contributed by atoms with Crippen LogP contribution in [0.2, 0.25) is 5.02 Å². The Hall–Kier alpha value is -3.65. The lowest BCUT2D eigenvalue weighted by atomic mass is 10.1. The topological polar surface area (TPSA) is 93.8 Å². The number of aromatic nitrogens is 4. The standard InChI is InChI=1S/C24H24ClN7O/c1-15-28-29-24-7-6-21-23(32(15)24)11-22(31(21)12-17-4-3-5-18(25)10-17)20(26)8-9-27-19-13-30(14-19)16(2)33/h3-11,19H,12-14,26H2,1-2H3. The molecule has 0 unspecified atom stereocenters. The number of hydrogen-bond acceptors (Lipinski definition) is 5. The van der Waals surface area contributed by atoms with Crippen LogP contribution in [-0.2, 0) is 11.3 Å². The molecule has 4 heterocycles. The Labute approximate surface area is 196 Å². The summed E-state index contributed by atoms with van der Waals surface area (Å²) in [5, 5.41) is 9.15. The monoisotopic (exact) mass is 461 g/mol. The zero-order valence-corrected chi connectivity index (χ0v) is 19.2. The van der Waals surface area contributed by atoms with E-state index in [0.29, 0.717) is 30.4 Å². The molecule has 1 amide bonds. The molecule has 0 bridgehead atoms. The van der Waals surface area contributed by atoms with Gasteiger partial charge in [0.25, 0.3) is 0 Å². The zero-order chi connectivity index (χ0) is 23.1. The molecule has 0 atom stereocenters. The number of amides is 1. The zero-order valence-electron chi connectivity index (χ0n) is 18.4. The summed E-state index contributed by atoms with van der Waals surface area (Å²) in [6, 6.07) is 14.0. The highest BCUT2D eigenvalue weighted by atomic mass is 35.5. The summed E-state index contributed by atoms with van der Waals surface area (Å²) in [4.78, 5) is 17.7. The maximum Gasteiger partial charge on any atom is 0.219 e. The molecule has 1 aliphatic rings. The van der Waals surface area contributed by atoms with Crippen LogP contribution in [0, 0.1) is 6.92 Å². The Kier molecular flexibility index (Phi) is 5.38. The number of pyridine rings is 1. The normalized spacial score (nSPS) is 15.1. The number of hydrogen-bond donors (Lipinski definition) is 1. The lowest BCUT2D eigenvalue weighted by Crippen LogP contribution is -2.51. The SMILES string of the molecule is CC(=O)N1CC(N=CC=C(N)c2cc3c(ccc4nnc(C)n43)n2Cc2cccc(Cl)c2)C1. The minimum absolute atomic E-state index is 0.0811.